The van der Waals surface area contributed by atoms with Gasteiger partial charge in [-0.05, 0) is 42.5 Å². The van der Waals surface area contributed by atoms with Crippen molar-refractivity contribution in [3.8, 4) is 11.5 Å². The molecule has 1 aromatic carbocycles. The third-order valence-electron chi connectivity index (χ3n) is 3.60. The van der Waals surface area contributed by atoms with E-state index in [0.29, 0.717) is 6.79 Å². The van der Waals surface area contributed by atoms with Gasteiger partial charge in [0, 0.05) is 5.56 Å². The first-order chi connectivity index (χ1) is 8.83. The highest BCUT2D eigenvalue weighted by Crippen LogP contribution is 2.43. The lowest BCUT2D eigenvalue weighted by molar-refractivity contribution is 0.174. The van der Waals surface area contributed by atoms with Crippen LogP contribution >= 0.6 is 0 Å². The SMILES string of the molecule is CCCCC1=C(OC)c2cc3c(cc2C1)OCO3. The second-order valence-electron chi connectivity index (χ2n) is 4.78. The maximum Gasteiger partial charge on any atom is 0.231 e. The van der Waals surface area contributed by atoms with Crippen LogP contribution in [0.4, 0.5) is 0 Å². The quantitative estimate of drug-likeness (QED) is 0.813. The Balaban J connectivity index is 1.96. The van der Waals surface area contributed by atoms with Gasteiger partial charge in [-0.3, -0.25) is 0 Å². The first kappa shape index (κ1) is 11.5. The second-order valence-corrected chi connectivity index (χ2v) is 4.78. The monoisotopic (exact) mass is 246 g/mol. The fraction of sp³-hybridized carbons (Fsp3) is 0.467. The molecule has 1 aromatic rings. The van der Waals surface area contributed by atoms with Gasteiger partial charge in [-0.2, -0.15) is 0 Å². The average Bonchev–Trinajstić information content (AvgIpc) is 2.95. The molecular formula is C15H18O3. The molecule has 0 amide bonds. The van der Waals surface area contributed by atoms with Crippen molar-refractivity contribution < 1.29 is 14.2 Å². The number of hydrogen-bond acceptors (Lipinski definition) is 3. The molecule has 96 valence electrons. The molecule has 3 rings (SSSR count). The van der Waals surface area contributed by atoms with Crippen LogP contribution in [0.2, 0.25) is 0 Å². The van der Waals surface area contributed by atoms with E-state index in [1.807, 2.05) is 0 Å². The minimum absolute atomic E-state index is 0.326. The molecule has 0 radical (unpaired) electrons. The Hall–Kier alpha value is -1.64. The third-order valence-corrected chi connectivity index (χ3v) is 3.60. The van der Waals surface area contributed by atoms with E-state index in [-0.39, 0.29) is 0 Å². The number of benzene rings is 1. The van der Waals surface area contributed by atoms with E-state index < -0.39 is 0 Å². The number of rotatable bonds is 4. The normalized spacial score (nSPS) is 16.1. The lowest BCUT2D eigenvalue weighted by Gasteiger charge is -2.07. The number of unbranched alkanes of at least 4 members (excludes halogenated alkanes) is 1. The smallest absolute Gasteiger partial charge is 0.231 e. The van der Waals surface area contributed by atoms with Gasteiger partial charge in [0.2, 0.25) is 6.79 Å². The summed E-state index contributed by atoms with van der Waals surface area (Å²) in [5, 5.41) is 0. The third kappa shape index (κ3) is 1.74. The Morgan fingerprint density at radius 2 is 2.00 bits per heavy atom. The van der Waals surface area contributed by atoms with E-state index in [2.05, 4.69) is 19.1 Å². The van der Waals surface area contributed by atoms with Crippen molar-refractivity contribution in [2.75, 3.05) is 13.9 Å². The molecular weight excluding hydrogens is 228 g/mol. The molecule has 3 nitrogen and oxygen atoms in total. The van der Waals surface area contributed by atoms with E-state index in [9.17, 15) is 0 Å². The fourth-order valence-electron chi connectivity index (χ4n) is 2.69. The van der Waals surface area contributed by atoms with E-state index in [4.69, 9.17) is 14.2 Å². The van der Waals surface area contributed by atoms with Gasteiger partial charge in [0.05, 0.1) is 7.11 Å². The molecule has 0 aromatic heterocycles. The summed E-state index contributed by atoms with van der Waals surface area (Å²) in [5.74, 6) is 2.73. The van der Waals surface area contributed by atoms with Gasteiger partial charge in [0.15, 0.2) is 11.5 Å². The largest absolute Gasteiger partial charge is 0.496 e. The molecule has 0 saturated carbocycles. The highest BCUT2D eigenvalue weighted by Gasteiger charge is 2.26. The summed E-state index contributed by atoms with van der Waals surface area (Å²) in [4.78, 5) is 0. The molecule has 0 N–H and O–H groups in total. The predicted octanol–water partition coefficient (Wildman–Crippen LogP) is 3.52. The van der Waals surface area contributed by atoms with Crippen LogP contribution in [0.3, 0.4) is 0 Å². The zero-order valence-electron chi connectivity index (χ0n) is 10.9. The molecule has 0 fully saturated rings. The fourth-order valence-corrected chi connectivity index (χ4v) is 2.69. The van der Waals surface area contributed by atoms with Crippen molar-refractivity contribution in [3.63, 3.8) is 0 Å². The lowest BCUT2D eigenvalue weighted by Crippen LogP contribution is -1.93. The molecule has 0 bridgehead atoms. The van der Waals surface area contributed by atoms with Crippen LogP contribution in [0.5, 0.6) is 11.5 Å². The van der Waals surface area contributed by atoms with E-state index in [1.165, 1.54) is 29.5 Å². The summed E-state index contributed by atoms with van der Waals surface area (Å²) in [5.41, 5.74) is 3.87. The molecule has 0 spiro atoms. The van der Waals surface area contributed by atoms with E-state index in [1.54, 1.807) is 7.11 Å². The standard InChI is InChI=1S/C15H18O3/c1-3-4-5-10-6-11-7-13-14(18-9-17-13)8-12(11)15(10)16-2/h7-8H,3-6,9H2,1-2H3. The molecule has 2 aliphatic rings. The molecule has 0 unspecified atom stereocenters. The summed E-state index contributed by atoms with van der Waals surface area (Å²) in [6.45, 7) is 2.54. The van der Waals surface area contributed by atoms with Crippen LogP contribution in [-0.2, 0) is 11.2 Å². The summed E-state index contributed by atoms with van der Waals surface area (Å²) < 4.78 is 16.5. The van der Waals surface area contributed by atoms with Crippen molar-refractivity contribution in [2.24, 2.45) is 0 Å². The van der Waals surface area contributed by atoms with Crippen LogP contribution in [-0.4, -0.2) is 13.9 Å². The average molecular weight is 246 g/mol. The van der Waals surface area contributed by atoms with Gasteiger partial charge in [-0.1, -0.05) is 13.3 Å². The molecule has 3 heteroatoms. The summed E-state index contributed by atoms with van der Waals surface area (Å²) in [6, 6.07) is 4.14. The van der Waals surface area contributed by atoms with Gasteiger partial charge in [0.1, 0.15) is 5.76 Å². The Labute approximate surface area is 107 Å². The molecule has 18 heavy (non-hydrogen) atoms. The maximum absolute atomic E-state index is 5.59. The van der Waals surface area contributed by atoms with Gasteiger partial charge >= 0.3 is 0 Å². The van der Waals surface area contributed by atoms with Crippen LogP contribution in [0.15, 0.2) is 17.7 Å². The zero-order chi connectivity index (χ0) is 12.5. The number of fused-ring (bicyclic) bond motifs is 2. The summed E-state index contributed by atoms with van der Waals surface area (Å²) >= 11 is 0. The van der Waals surface area contributed by atoms with Crippen LogP contribution < -0.4 is 9.47 Å². The topological polar surface area (TPSA) is 27.7 Å². The Morgan fingerprint density at radius 1 is 1.22 bits per heavy atom. The van der Waals surface area contributed by atoms with Crippen molar-refractivity contribution in [1.82, 2.24) is 0 Å². The Kier molecular flexibility index (Phi) is 2.90. The number of allylic oxidation sites excluding steroid dienone is 1. The first-order valence-electron chi connectivity index (χ1n) is 6.52. The number of ether oxygens (including phenoxy) is 3. The van der Waals surface area contributed by atoms with Gasteiger partial charge in [-0.15, -0.1) is 0 Å². The van der Waals surface area contributed by atoms with Crippen molar-refractivity contribution in [3.05, 3.63) is 28.8 Å². The summed E-state index contributed by atoms with van der Waals surface area (Å²) in [6.07, 6.45) is 4.51. The number of hydrogen-bond donors (Lipinski definition) is 0. The predicted molar refractivity (Wildman–Crippen MR) is 69.7 cm³/mol. The molecule has 1 aliphatic heterocycles. The number of methoxy groups -OCH3 is 1. The molecule has 0 saturated heterocycles. The van der Waals surface area contributed by atoms with Gasteiger partial charge in [-0.25, -0.2) is 0 Å². The first-order valence-corrected chi connectivity index (χ1v) is 6.52. The molecule has 1 aliphatic carbocycles. The Bertz CT molecular complexity index is 503. The second kappa shape index (κ2) is 4.56. The van der Waals surface area contributed by atoms with Crippen molar-refractivity contribution in [1.29, 1.82) is 0 Å². The minimum atomic E-state index is 0.326. The zero-order valence-corrected chi connectivity index (χ0v) is 10.9. The highest BCUT2D eigenvalue weighted by atomic mass is 16.7. The van der Waals surface area contributed by atoms with Gasteiger partial charge < -0.3 is 14.2 Å². The summed E-state index contributed by atoms with van der Waals surface area (Å²) in [7, 11) is 1.75. The van der Waals surface area contributed by atoms with E-state index in [0.717, 1.165) is 30.1 Å². The van der Waals surface area contributed by atoms with Gasteiger partial charge in [0.25, 0.3) is 0 Å². The highest BCUT2D eigenvalue weighted by molar-refractivity contribution is 5.74. The molecule has 0 atom stereocenters. The van der Waals surface area contributed by atoms with Crippen LogP contribution in [0.25, 0.3) is 5.76 Å². The maximum atomic E-state index is 5.59. The van der Waals surface area contributed by atoms with Crippen LogP contribution in [0.1, 0.15) is 37.3 Å². The van der Waals surface area contributed by atoms with Crippen molar-refractivity contribution in [2.45, 2.75) is 32.6 Å². The van der Waals surface area contributed by atoms with E-state index >= 15 is 0 Å². The minimum Gasteiger partial charge on any atom is -0.496 e. The Morgan fingerprint density at radius 3 is 2.72 bits per heavy atom. The van der Waals surface area contributed by atoms with Crippen molar-refractivity contribution >= 4 is 5.76 Å². The molecule has 1 heterocycles. The lowest BCUT2D eigenvalue weighted by atomic mass is 10.1. The van der Waals surface area contributed by atoms with Crippen LogP contribution in [0, 0.1) is 0 Å².